The van der Waals surface area contributed by atoms with Gasteiger partial charge in [-0.2, -0.15) is 0 Å². The highest BCUT2D eigenvalue weighted by Gasteiger charge is 2.31. The van der Waals surface area contributed by atoms with Crippen LogP contribution < -0.4 is 10.6 Å². The standard InChI is InChI=1S/C14H27N3O.ClH/c1-11(2)9-13-14(18)16-7-8-17(13)10-12-3-5-15-6-4-12;/h11-13,15H,3-10H2,1-2H3,(H,16,18);1H. The third-order valence-corrected chi connectivity index (χ3v) is 4.09. The summed E-state index contributed by atoms with van der Waals surface area (Å²) in [4.78, 5) is 14.4. The zero-order valence-electron chi connectivity index (χ0n) is 12.2. The second-order valence-electron chi connectivity index (χ2n) is 6.12. The Bertz CT molecular complexity index is 280. The van der Waals surface area contributed by atoms with Crippen molar-refractivity contribution in [2.24, 2.45) is 11.8 Å². The lowest BCUT2D eigenvalue weighted by Crippen LogP contribution is -2.57. The second kappa shape index (κ2) is 8.08. The van der Waals surface area contributed by atoms with Gasteiger partial charge in [0.25, 0.3) is 0 Å². The van der Waals surface area contributed by atoms with Crippen LogP contribution in [0.5, 0.6) is 0 Å². The highest BCUT2D eigenvalue weighted by molar-refractivity contribution is 5.85. The van der Waals surface area contributed by atoms with Gasteiger partial charge in [0.1, 0.15) is 0 Å². The number of amides is 1. The van der Waals surface area contributed by atoms with E-state index in [-0.39, 0.29) is 24.4 Å². The summed E-state index contributed by atoms with van der Waals surface area (Å²) in [6, 6.07) is 0.105. The number of hydrogen-bond acceptors (Lipinski definition) is 3. The van der Waals surface area contributed by atoms with Gasteiger partial charge in [0.05, 0.1) is 6.04 Å². The zero-order valence-corrected chi connectivity index (χ0v) is 13.0. The molecule has 2 fully saturated rings. The zero-order chi connectivity index (χ0) is 13.0. The Labute approximate surface area is 123 Å². The Morgan fingerprint density at radius 2 is 1.95 bits per heavy atom. The van der Waals surface area contributed by atoms with Crippen molar-refractivity contribution < 1.29 is 4.79 Å². The molecule has 2 heterocycles. The number of halogens is 1. The molecule has 19 heavy (non-hydrogen) atoms. The molecular weight excluding hydrogens is 262 g/mol. The normalized spacial score (nSPS) is 26.1. The molecule has 5 heteroatoms. The molecule has 0 radical (unpaired) electrons. The van der Waals surface area contributed by atoms with Crippen LogP contribution in [0.25, 0.3) is 0 Å². The number of nitrogens with one attached hydrogen (secondary N) is 2. The van der Waals surface area contributed by atoms with E-state index in [1.165, 1.54) is 12.8 Å². The van der Waals surface area contributed by atoms with E-state index in [4.69, 9.17) is 0 Å². The molecule has 0 bridgehead atoms. The minimum atomic E-state index is 0. The van der Waals surface area contributed by atoms with Crippen LogP contribution in [-0.4, -0.2) is 49.6 Å². The molecule has 0 aromatic carbocycles. The highest BCUT2D eigenvalue weighted by atomic mass is 35.5. The summed E-state index contributed by atoms with van der Waals surface area (Å²) in [5, 5.41) is 6.42. The number of nitrogens with zero attached hydrogens (tertiary/aromatic N) is 1. The van der Waals surface area contributed by atoms with Gasteiger partial charge in [-0.05, 0) is 44.2 Å². The molecule has 0 aromatic rings. The first-order chi connectivity index (χ1) is 8.66. The average molecular weight is 290 g/mol. The molecule has 0 aromatic heterocycles. The van der Waals surface area contributed by atoms with Gasteiger partial charge in [0.2, 0.25) is 5.91 Å². The summed E-state index contributed by atoms with van der Waals surface area (Å²) in [6.07, 6.45) is 3.50. The quantitative estimate of drug-likeness (QED) is 0.819. The molecule has 2 aliphatic heterocycles. The number of carbonyl (C=O) groups is 1. The number of piperazine rings is 1. The molecular formula is C14H28ClN3O. The summed E-state index contributed by atoms with van der Waals surface area (Å²) < 4.78 is 0. The van der Waals surface area contributed by atoms with Crippen LogP contribution in [-0.2, 0) is 4.79 Å². The van der Waals surface area contributed by atoms with Gasteiger partial charge in [-0.25, -0.2) is 0 Å². The summed E-state index contributed by atoms with van der Waals surface area (Å²) in [7, 11) is 0. The van der Waals surface area contributed by atoms with Gasteiger partial charge in [-0.1, -0.05) is 13.8 Å². The van der Waals surface area contributed by atoms with Crippen LogP contribution in [0.4, 0.5) is 0 Å². The molecule has 2 saturated heterocycles. The number of rotatable bonds is 4. The SMILES string of the molecule is CC(C)CC1C(=O)NCCN1CC1CCNCC1.Cl. The Morgan fingerprint density at radius 3 is 2.58 bits per heavy atom. The van der Waals surface area contributed by atoms with Gasteiger partial charge >= 0.3 is 0 Å². The Balaban J connectivity index is 0.00000180. The first kappa shape index (κ1) is 16.7. The molecule has 0 spiro atoms. The van der Waals surface area contributed by atoms with Crippen LogP contribution in [0.1, 0.15) is 33.1 Å². The third kappa shape index (κ3) is 4.93. The molecule has 2 aliphatic rings. The third-order valence-electron chi connectivity index (χ3n) is 4.09. The largest absolute Gasteiger partial charge is 0.353 e. The lowest BCUT2D eigenvalue weighted by atomic mass is 9.94. The molecule has 2 rings (SSSR count). The van der Waals surface area contributed by atoms with E-state index < -0.39 is 0 Å². The lowest BCUT2D eigenvalue weighted by Gasteiger charge is -2.38. The van der Waals surface area contributed by atoms with E-state index in [0.717, 1.165) is 45.1 Å². The summed E-state index contributed by atoms with van der Waals surface area (Å²) in [6.45, 7) is 9.62. The van der Waals surface area contributed by atoms with Crippen molar-refractivity contribution in [2.75, 3.05) is 32.7 Å². The van der Waals surface area contributed by atoms with Crippen molar-refractivity contribution in [2.45, 2.75) is 39.2 Å². The smallest absolute Gasteiger partial charge is 0.237 e. The van der Waals surface area contributed by atoms with Gasteiger partial charge in [-0.15, -0.1) is 12.4 Å². The second-order valence-corrected chi connectivity index (χ2v) is 6.12. The molecule has 112 valence electrons. The fraction of sp³-hybridized carbons (Fsp3) is 0.929. The van der Waals surface area contributed by atoms with Crippen LogP contribution in [0.3, 0.4) is 0 Å². The van der Waals surface area contributed by atoms with Crippen molar-refractivity contribution in [3.63, 3.8) is 0 Å². The van der Waals surface area contributed by atoms with E-state index in [2.05, 4.69) is 29.4 Å². The Hall–Kier alpha value is -0.320. The lowest BCUT2D eigenvalue weighted by molar-refractivity contribution is -0.130. The fourth-order valence-electron chi connectivity index (χ4n) is 3.08. The maximum atomic E-state index is 12.0. The molecule has 1 amide bonds. The molecule has 1 atom stereocenters. The average Bonchev–Trinajstić information content (AvgIpc) is 2.34. The van der Waals surface area contributed by atoms with Crippen LogP contribution in [0.15, 0.2) is 0 Å². The highest BCUT2D eigenvalue weighted by Crippen LogP contribution is 2.19. The Morgan fingerprint density at radius 1 is 1.26 bits per heavy atom. The van der Waals surface area contributed by atoms with Crippen LogP contribution >= 0.6 is 12.4 Å². The summed E-state index contributed by atoms with van der Waals surface area (Å²) >= 11 is 0. The van der Waals surface area contributed by atoms with Crippen molar-refractivity contribution in [3.05, 3.63) is 0 Å². The topological polar surface area (TPSA) is 44.4 Å². The van der Waals surface area contributed by atoms with E-state index in [1.807, 2.05) is 0 Å². The molecule has 4 nitrogen and oxygen atoms in total. The molecule has 1 unspecified atom stereocenters. The first-order valence-corrected chi connectivity index (χ1v) is 7.39. The minimum Gasteiger partial charge on any atom is -0.353 e. The number of piperidine rings is 1. The predicted molar refractivity (Wildman–Crippen MR) is 80.7 cm³/mol. The fourth-order valence-corrected chi connectivity index (χ4v) is 3.08. The van der Waals surface area contributed by atoms with Crippen LogP contribution in [0.2, 0.25) is 0 Å². The number of hydrogen-bond donors (Lipinski definition) is 2. The molecule has 0 saturated carbocycles. The van der Waals surface area contributed by atoms with Gasteiger partial charge in [0.15, 0.2) is 0 Å². The minimum absolute atomic E-state index is 0. The van der Waals surface area contributed by atoms with Crippen molar-refractivity contribution >= 4 is 18.3 Å². The first-order valence-electron chi connectivity index (χ1n) is 7.39. The predicted octanol–water partition coefficient (Wildman–Crippen LogP) is 1.25. The summed E-state index contributed by atoms with van der Waals surface area (Å²) in [5.74, 6) is 1.59. The maximum absolute atomic E-state index is 12.0. The maximum Gasteiger partial charge on any atom is 0.237 e. The molecule has 0 aliphatic carbocycles. The van der Waals surface area contributed by atoms with Gasteiger partial charge in [0, 0.05) is 19.6 Å². The monoisotopic (exact) mass is 289 g/mol. The van der Waals surface area contributed by atoms with E-state index >= 15 is 0 Å². The van der Waals surface area contributed by atoms with Crippen molar-refractivity contribution in [1.82, 2.24) is 15.5 Å². The van der Waals surface area contributed by atoms with E-state index in [0.29, 0.717) is 5.92 Å². The van der Waals surface area contributed by atoms with Gasteiger partial charge in [-0.3, -0.25) is 9.69 Å². The van der Waals surface area contributed by atoms with E-state index in [1.54, 1.807) is 0 Å². The number of carbonyl (C=O) groups excluding carboxylic acids is 1. The van der Waals surface area contributed by atoms with Crippen molar-refractivity contribution in [3.8, 4) is 0 Å². The summed E-state index contributed by atoms with van der Waals surface area (Å²) in [5.41, 5.74) is 0. The van der Waals surface area contributed by atoms with Crippen LogP contribution in [0, 0.1) is 11.8 Å². The Kier molecular flexibility index (Phi) is 7.11. The van der Waals surface area contributed by atoms with Crippen molar-refractivity contribution in [1.29, 1.82) is 0 Å². The van der Waals surface area contributed by atoms with E-state index in [9.17, 15) is 4.79 Å². The van der Waals surface area contributed by atoms with Gasteiger partial charge < -0.3 is 10.6 Å². The molecule has 2 N–H and O–H groups in total.